The molecule has 1 amide bonds. The summed E-state index contributed by atoms with van der Waals surface area (Å²) < 4.78 is 10.1. The van der Waals surface area contributed by atoms with Crippen molar-refractivity contribution in [1.29, 1.82) is 0 Å². The highest BCUT2D eigenvalue weighted by molar-refractivity contribution is 5.92. The third-order valence-electron chi connectivity index (χ3n) is 2.64. The minimum atomic E-state index is -0.209. The number of furan rings is 1. The van der Waals surface area contributed by atoms with Crippen LogP contribution in [0.1, 0.15) is 35.4 Å². The number of carbonyl (C=O) groups is 1. The summed E-state index contributed by atoms with van der Waals surface area (Å²) >= 11 is 0. The zero-order chi connectivity index (χ0) is 13.0. The normalized spacial score (nSPS) is 12.3. The largest absolute Gasteiger partial charge is 0.469 e. The van der Waals surface area contributed by atoms with Gasteiger partial charge in [0.1, 0.15) is 11.5 Å². The molecule has 1 N–H and O–H groups in total. The van der Waals surface area contributed by atoms with E-state index in [2.05, 4.69) is 10.5 Å². The van der Waals surface area contributed by atoms with Crippen LogP contribution in [-0.4, -0.2) is 17.1 Å². The van der Waals surface area contributed by atoms with Gasteiger partial charge in [0.15, 0.2) is 5.69 Å². The number of aryl methyl sites for hydroxylation is 2. The molecule has 5 nitrogen and oxygen atoms in total. The maximum atomic E-state index is 11.8. The molecular weight excluding hydrogens is 232 g/mol. The Morgan fingerprint density at radius 1 is 1.56 bits per heavy atom. The summed E-state index contributed by atoms with van der Waals surface area (Å²) in [5.74, 6) is 1.34. The Bertz CT molecular complexity index is 502. The molecule has 0 aliphatic heterocycles. The molecule has 96 valence electrons. The van der Waals surface area contributed by atoms with Crippen molar-refractivity contribution in [3.8, 4) is 0 Å². The van der Waals surface area contributed by atoms with Crippen LogP contribution in [0.4, 0.5) is 0 Å². The molecule has 2 heterocycles. The molecule has 0 radical (unpaired) electrons. The summed E-state index contributed by atoms with van der Waals surface area (Å²) in [6, 6.07) is 5.46. The van der Waals surface area contributed by atoms with Gasteiger partial charge in [-0.1, -0.05) is 5.16 Å². The second-order valence-corrected chi connectivity index (χ2v) is 4.32. The standard InChI is InChI=1S/C13H16N2O3/c1-9(5-6-11-4-3-7-17-11)14-13(16)12-8-10(2)18-15-12/h3-4,7-9H,5-6H2,1-2H3,(H,14,16). The smallest absolute Gasteiger partial charge is 0.273 e. The molecule has 0 fully saturated rings. The highest BCUT2D eigenvalue weighted by atomic mass is 16.5. The third-order valence-corrected chi connectivity index (χ3v) is 2.64. The molecule has 0 saturated heterocycles. The van der Waals surface area contributed by atoms with Gasteiger partial charge in [0.25, 0.3) is 5.91 Å². The van der Waals surface area contributed by atoms with E-state index in [4.69, 9.17) is 8.94 Å². The van der Waals surface area contributed by atoms with E-state index in [1.165, 1.54) is 0 Å². The molecule has 0 spiro atoms. The zero-order valence-electron chi connectivity index (χ0n) is 10.5. The van der Waals surface area contributed by atoms with Gasteiger partial charge in [-0.2, -0.15) is 0 Å². The van der Waals surface area contributed by atoms with Gasteiger partial charge in [-0.3, -0.25) is 4.79 Å². The Morgan fingerprint density at radius 3 is 3.00 bits per heavy atom. The molecule has 0 bridgehead atoms. The van der Waals surface area contributed by atoms with Crippen LogP contribution in [0.25, 0.3) is 0 Å². The summed E-state index contributed by atoms with van der Waals surface area (Å²) in [7, 11) is 0. The highest BCUT2D eigenvalue weighted by Crippen LogP contribution is 2.07. The van der Waals surface area contributed by atoms with Crippen molar-refractivity contribution < 1.29 is 13.7 Å². The minimum absolute atomic E-state index is 0.0552. The highest BCUT2D eigenvalue weighted by Gasteiger charge is 2.13. The van der Waals surface area contributed by atoms with Crippen LogP contribution in [0.5, 0.6) is 0 Å². The van der Waals surface area contributed by atoms with Gasteiger partial charge in [-0.15, -0.1) is 0 Å². The van der Waals surface area contributed by atoms with Crippen molar-refractivity contribution in [2.45, 2.75) is 32.7 Å². The van der Waals surface area contributed by atoms with E-state index >= 15 is 0 Å². The number of nitrogens with one attached hydrogen (secondary N) is 1. The van der Waals surface area contributed by atoms with E-state index in [0.29, 0.717) is 11.5 Å². The fourth-order valence-corrected chi connectivity index (χ4v) is 1.66. The zero-order valence-corrected chi connectivity index (χ0v) is 10.5. The first kappa shape index (κ1) is 12.4. The second kappa shape index (κ2) is 5.53. The van der Waals surface area contributed by atoms with E-state index in [0.717, 1.165) is 18.6 Å². The molecular formula is C13H16N2O3. The van der Waals surface area contributed by atoms with Crippen LogP contribution in [0.3, 0.4) is 0 Å². The minimum Gasteiger partial charge on any atom is -0.469 e. The lowest BCUT2D eigenvalue weighted by Gasteiger charge is -2.11. The number of amides is 1. The first-order valence-corrected chi connectivity index (χ1v) is 5.91. The Labute approximate surface area is 105 Å². The van der Waals surface area contributed by atoms with Crippen molar-refractivity contribution in [3.05, 3.63) is 41.7 Å². The van der Waals surface area contributed by atoms with Crippen molar-refractivity contribution in [2.24, 2.45) is 0 Å². The molecule has 1 atom stereocenters. The molecule has 0 aromatic carbocycles. The molecule has 18 heavy (non-hydrogen) atoms. The lowest BCUT2D eigenvalue weighted by atomic mass is 10.1. The van der Waals surface area contributed by atoms with E-state index in [9.17, 15) is 4.79 Å². The SMILES string of the molecule is Cc1cc(C(=O)NC(C)CCc2ccco2)no1. The number of nitrogens with zero attached hydrogens (tertiary/aromatic N) is 1. The number of aromatic nitrogens is 1. The second-order valence-electron chi connectivity index (χ2n) is 4.32. The quantitative estimate of drug-likeness (QED) is 0.881. The van der Waals surface area contributed by atoms with E-state index in [1.807, 2.05) is 19.1 Å². The van der Waals surface area contributed by atoms with E-state index < -0.39 is 0 Å². The molecule has 0 saturated carbocycles. The Morgan fingerprint density at radius 2 is 2.39 bits per heavy atom. The Hall–Kier alpha value is -2.04. The van der Waals surface area contributed by atoms with Crippen LogP contribution < -0.4 is 5.32 Å². The third kappa shape index (κ3) is 3.23. The van der Waals surface area contributed by atoms with Gasteiger partial charge in [-0.25, -0.2) is 0 Å². The van der Waals surface area contributed by atoms with Gasteiger partial charge in [-0.05, 0) is 32.4 Å². The molecule has 1 unspecified atom stereocenters. The van der Waals surface area contributed by atoms with Gasteiger partial charge >= 0.3 is 0 Å². The summed E-state index contributed by atoms with van der Waals surface area (Å²) in [6.07, 6.45) is 3.26. The van der Waals surface area contributed by atoms with Gasteiger partial charge in [0, 0.05) is 18.5 Å². The topological polar surface area (TPSA) is 68.3 Å². The first-order chi connectivity index (χ1) is 8.65. The molecule has 0 aliphatic carbocycles. The van der Waals surface area contributed by atoms with Gasteiger partial charge in [0.2, 0.25) is 0 Å². The summed E-state index contributed by atoms with van der Waals surface area (Å²) in [5.41, 5.74) is 0.317. The fourth-order valence-electron chi connectivity index (χ4n) is 1.66. The average Bonchev–Trinajstić information content (AvgIpc) is 2.97. The number of hydrogen-bond donors (Lipinski definition) is 1. The van der Waals surface area contributed by atoms with Crippen LogP contribution in [0.15, 0.2) is 33.4 Å². The monoisotopic (exact) mass is 248 g/mol. The fraction of sp³-hybridized carbons (Fsp3) is 0.385. The van der Waals surface area contributed by atoms with Crippen LogP contribution in [0, 0.1) is 6.92 Å². The van der Waals surface area contributed by atoms with Gasteiger partial charge < -0.3 is 14.3 Å². The lowest BCUT2D eigenvalue weighted by molar-refractivity contribution is 0.0929. The van der Waals surface area contributed by atoms with Crippen LogP contribution in [0.2, 0.25) is 0 Å². The lowest BCUT2D eigenvalue weighted by Crippen LogP contribution is -2.33. The summed E-state index contributed by atoms with van der Waals surface area (Å²) in [5, 5.41) is 6.54. The molecule has 5 heteroatoms. The number of hydrogen-bond acceptors (Lipinski definition) is 4. The van der Waals surface area contributed by atoms with Crippen LogP contribution in [-0.2, 0) is 6.42 Å². The van der Waals surface area contributed by atoms with Crippen molar-refractivity contribution in [1.82, 2.24) is 10.5 Å². The first-order valence-electron chi connectivity index (χ1n) is 5.91. The van der Waals surface area contributed by atoms with Crippen molar-refractivity contribution >= 4 is 5.91 Å². The van der Waals surface area contributed by atoms with Gasteiger partial charge in [0.05, 0.1) is 6.26 Å². The van der Waals surface area contributed by atoms with Crippen molar-refractivity contribution in [3.63, 3.8) is 0 Å². The summed E-state index contributed by atoms with van der Waals surface area (Å²) in [4.78, 5) is 11.8. The maximum absolute atomic E-state index is 11.8. The Balaban J connectivity index is 1.80. The molecule has 2 aromatic heterocycles. The maximum Gasteiger partial charge on any atom is 0.273 e. The number of carbonyl (C=O) groups excluding carboxylic acids is 1. The predicted octanol–water partition coefficient (Wildman–Crippen LogP) is 2.33. The Kier molecular flexibility index (Phi) is 3.82. The summed E-state index contributed by atoms with van der Waals surface area (Å²) in [6.45, 7) is 3.71. The van der Waals surface area contributed by atoms with E-state index in [1.54, 1.807) is 19.3 Å². The molecule has 2 aromatic rings. The molecule has 0 aliphatic rings. The van der Waals surface area contributed by atoms with E-state index in [-0.39, 0.29) is 11.9 Å². The molecule has 2 rings (SSSR count). The number of rotatable bonds is 5. The van der Waals surface area contributed by atoms with Crippen molar-refractivity contribution in [2.75, 3.05) is 0 Å². The average molecular weight is 248 g/mol. The predicted molar refractivity (Wildman–Crippen MR) is 65.2 cm³/mol. The van der Waals surface area contributed by atoms with Crippen LogP contribution >= 0.6 is 0 Å².